The Hall–Kier alpha value is -2.80. The highest BCUT2D eigenvalue weighted by molar-refractivity contribution is 5.91. The second kappa shape index (κ2) is 10.9. The number of ether oxygens (including phenoxy) is 2. The third-order valence-corrected chi connectivity index (χ3v) is 4.05. The van der Waals surface area contributed by atoms with E-state index in [1.807, 2.05) is 6.07 Å². The zero-order chi connectivity index (χ0) is 18.6. The first-order chi connectivity index (χ1) is 12.7. The molecular weight excluding hydrogens is 326 g/mol. The first-order valence-corrected chi connectivity index (χ1v) is 9.18. The molecule has 26 heavy (non-hydrogen) atoms. The lowest BCUT2D eigenvalue weighted by Gasteiger charge is -2.08. The number of benzene rings is 2. The van der Waals surface area contributed by atoms with Crippen LogP contribution in [-0.4, -0.2) is 12.6 Å². The normalized spacial score (nSPS) is 10.2. The fraction of sp³-hybridized carbons (Fsp3) is 0.364. The predicted octanol–water partition coefficient (Wildman–Crippen LogP) is 5.52. The maximum absolute atomic E-state index is 12.1. The minimum absolute atomic E-state index is 0.414. The van der Waals surface area contributed by atoms with Crippen molar-refractivity contribution < 1.29 is 14.3 Å². The fourth-order valence-corrected chi connectivity index (χ4v) is 2.52. The predicted molar refractivity (Wildman–Crippen MR) is 101 cm³/mol. The molecule has 0 N–H and O–H groups in total. The van der Waals surface area contributed by atoms with E-state index in [1.165, 1.54) is 32.1 Å². The molecule has 2 rings (SSSR count). The lowest BCUT2D eigenvalue weighted by molar-refractivity contribution is 0.0734. The van der Waals surface area contributed by atoms with Gasteiger partial charge in [-0.15, -0.1) is 0 Å². The molecule has 0 aliphatic carbocycles. The van der Waals surface area contributed by atoms with Crippen LogP contribution < -0.4 is 9.47 Å². The first kappa shape index (κ1) is 19.5. The molecule has 2 aromatic rings. The van der Waals surface area contributed by atoms with Gasteiger partial charge < -0.3 is 9.47 Å². The van der Waals surface area contributed by atoms with E-state index in [0.717, 1.165) is 12.2 Å². The van der Waals surface area contributed by atoms with Crippen molar-refractivity contribution in [2.75, 3.05) is 6.61 Å². The largest absolute Gasteiger partial charge is 0.494 e. The SMILES string of the molecule is CCCCCCCCOc1ccc(C(=O)Oc2ccc(C#N)cc2)cc1. The Morgan fingerprint density at radius 1 is 0.885 bits per heavy atom. The summed E-state index contributed by atoms with van der Waals surface area (Å²) in [5.74, 6) is 0.739. The van der Waals surface area contributed by atoms with E-state index in [-0.39, 0.29) is 0 Å². The number of hydrogen-bond donors (Lipinski definition) is 0. The number of esters is 1. The van der Waals surface area contributed by atoms with E-state index >= 15 is 0 Å². The van der Waals surface area contributed by atoms with E-state index in [0.29, 0.717) is 23.5 Å². The van der Waals surface area contributed by atoms with E-state index in [1.54, 1.807) is 48.5 Å². The number of carbonyl (C=O) groups excluding carboxylic acids is 1. The zero-order valence-corrected chi connectivity index (χ0v) is 15.2. The first-order valence-electron chi connectivity index (χ1n) is 9.18. The van der Waals surface area contributed by atoms with Crippen LogP contribution in [0.15, 0.2) is 48.5 Å². The topological polar surface area (TPSA) is 59.3 Å². The Morgan fingerprint density at radius 3 is 2.15 bits per heavy atom. The summed E-state index contributed by atoms with van der Waals surface area (Å²) >= 11 is 0. The Morgan fingerprint density at radius 2 is 1.50 bits per heavy atom. The van der Waals surface area contributed by atoms with Gasteiger partial charge in [-0.1, -0.05) is 39.0 Å². The summed E-state index contributed by atoms with van der Waals surface area (Å²) in [5.41, 5.74) is 0.984. The molecular formula is C22H25NO3. The molecule has 0 saturated heterocycles. The van der Waals surface area contributed by atoms with E-state index < -0.39 is 5.97 Å². The summed E-state index contributed by atoms with van der Waals surface area (Å²) < 4.78 is 11.0. The summed E-state index contributed by atoms with van der Waals surface area (Å²) in [6.07, 6.45) is 7.36. The number of hydrogen-bond acceptors (Lipinski definition) is 4. The van der Waals surface area contributed by atoms with Crippen molar-refractivity contribution in [3.05, 3.63) is 59.7 Å². The molecule has 136 valence electrons. The van der Waals surface area contributed by atoms with Gasteiger partial charge in [-0.05, 0) is 55.0 Å². The molecule has 0 radical (unpaired) electrons. The summed E-state index contributed by atoms with van der Waals surface area (Å²) in [6, 6.07) is 15.4. The van der Waals surface area contributed by atoms with Crippen LogP contribution >= 0.6 is 0 Å². The molecule has 4 heteroatoms. The van der Waals surface area contributed by atoms with Crippen LogP contribution in [-0.2, 0) is 0 Å². The Kier molecular flexibility index (Phi) is 8.21. The second-order valence-electron chi connectivity index (χ2n) is 6.17. The van der Waals surface area contributed by atoms with Gasteiger partial charge in [0.1, 0.15) is 11.5 Å². The Balaban J connectivity index is 1.75. The van der Waals surface area contributed by atoms with E-state index in [9.17, 15) is 4.79 Å². The van der Waals surface area contributed by atoms with Crippen LogP contribution in [0.4, 0.5) is 0 Å². The minimum atomic E-state index is -0.433. The fourth-order valence-electron chi connectivity index (χ4n) is 2.52. The van der Waals surface area contributed by atoms with Gasteiger partial charge in [-0.3, -0.25) is 0 Å². The average Bonchev–Trinajstić information content (AvgIpc) is 2.68. The molecule has 0 heterocycles. The summed E-state index contributed by atoms with van der Waals surface area (Å²) in [5, 5.41) is 8.77. The van der Waals surface area contributed by atoms with Crippen LogP contribution in [0.3, 0.4) is 0 Å². The molecule has 0 aliphatic rings. The number of carbonyl (C=O) groups is 1. The van der Waals surface area contributed by atoms with Crippen LogP contribution in [0.1, 0.15) is 61.4 Å². The van der Waals surface area contributed by atoms with Gasteiger partial charge in [0.2, 0.25) is 0 Å². The van der Waals surface area contributed by atoms with Crippen LogP contribution in [0.5, 0.6) is 11.5 Å². The third-order valence-electron chi connectivity index (χ3n) is 4.05. The quantitative estimate of drug-likeness (QED) is 0.321. The van der Waals surface area contributed by atoms with Gasteiger partial charge in [0.25, 0.3) is 0 Å². The lowest BCUT2D eigenvalue weighted by atomic mass is 10.1. The van der Waals surface area contributed by atoms with Gasteiger partial charge in [0.15, 0.2) is 0 Å². The molecule has 0 fully saturated rings. The Labute approximate surface area is 155 Å². The molecule has 0 aromatic heterocycles. The van der Waals surface area contributed by atoms with Gasteiger partial charge in [-0.25, -0.2) is 4.79 Å². The zero-order valence-electron chi connectivity index (χ0n) is 15.2. The van der Waals surface area contributed by atoms with Crippen molar-refractivity contribution in [1.82, 2.24) is 0 Å². The maximum Gasteiger partial charge on any atom is 0.343 e. The number of rotatable bonds is 10. The van der Waals surface area contributed by atoms with Crippen molar-refractivity contribution >= 4 is 5.97 Å². The highest BCUT2D eigenvalue weighted by atomic mass is 16.5. The smallest absolute Gasteiger partial charge is 0.343 e. The molecule has 0 amide bonds. The van der Waals surface area contributed by atoms with Gasteiger partial charge >= 0.3 is 5.97 Å². The van der Waals surface area contributed by atoms with Crippen molar-refractivity contribution in [2.45, 2.75) is 45.4 Å². The van der Waals surface area contributed by atoms with Gasteiger partial charge in [0, 0.05) is 0 Å². The van der Waals surface area contributed by atoms with E-state index in [2.05, 4.69) is 6.92 Å². The number of nitriles is 1. The van der Waals surface area contributed by atoms with Crippen LogP contribution in [0.25, 0.3) is 0 Å². The van der Waals surface area contributed by atoms with Gasteiger partial charge in [-0.2, -0.15) is 5.26 Å². The number of nitrogens with zero attached hydrogens (tertiary/aromatic N) is 1. The van der Waals surface area contributed by atoms with E-state index in [4.69, 9.17) is 14.7 Å². The van der Waals surface area contributed by atoms with Crippen LogP contribution in [0.2, 0.25) is 0 Å². The highest BCUT2D eigenvalue weighted by Gasteiger charge is 2.09. The summed E-state index contributed by atoms with van der Waals surface area (Å²) in [4.78, 5) is 12.1. The molecule has 0 unspecified atom stereocenters. The van der Waals surface area contributed by atoms with Crippen molar-refractivity contribution in [1.29, 1.82) is 5.26 Å². The summed E-state index contributed by atoms with van der Waals surface area (Å²) in [7, 11) is 0. The number of unbranched alkanes of at least 4 members (excludes halogenated alkanes) is 5. The third kappa shape index (κ3) is 6.60. The molecule has 0 saturated carbocycles. The standard InChI is InChI=1S/C22H25NO3/c1-2-3-4-5-6-7-16-25-20-14-10-19(11-15-20)22(24)26-21-12-8-18(17-23)9-13-21/h8-15H,2-7,16H2,1H3. The maximum atomic E-state index is 12.1. The molecule has 2 aromatic carbocycles. The van der Waals surface area contributed by atoms with Crippen molar-refractivity contribution in [3.8, 4) is 17.6 Å². The monoisotopic (exact) mass is 351 g/mol. The molecule has 0 aliphatic heterocycles. The molecule has 0 atom stereocenters. The molecule has 0 spiro atoms. The Bertz CT molecular complexity index is 715. The van der Waals surface area contributed by atoms with Crippen molar-refractivity contribution in [3.63, 3.8) is 0 Å². The van der Waals surface area contributed by atoms with Gasteiger partial charge in [0.05, 0.1) is 23.8 Å². The average molecular weight is 351 g/mol. The van der Waals surface area contributed by atoms with Crippen molar-refractivity contribution in [2.24, 2.45) is 0 Å². The lowest BCUT2D eigenvalue weighted by Crippen LogP contribution is -2.08. The molecule has 4 nitrogen and oxygen atoms in total. The highest BCUT2D eigenvalue weighted by Crippen LogP contribution is 2.17. The molecule has 0 bridgehead atoms. The van der Waals surface area contributed by atoms with Crippen LogP contribution in [0, 0.1) is 11.3 Å². The summed E-state index contributed by atoms with van der Waals surface area (Å²) in [6.45, 7) is 2.91. The second-order valence-corrected chi connectivity index (χ2v) is 6.17. The minimum Gasteiger partial charge on any atom is -0.494 e.